The van der Waals surface area contributed by atoms with E-state index in [1.165, 1.54) is 6.07 Å². The summed E-state index contributed by atoms with van der Waals surface area (Å²) in [6.45, 7) is 3.97. The minimum Gasteiger partial charge on any atom is -0.508 e. The molecular weight excluding hydrogens is 216 g/mol. The molecule has 3 N–H and O–H groups in total. The number of hydrogen-bond acceptors (Lipinski definition) is 3. The minimum atomic E-state index is -0.124. The molecule has 1 saturated heterocycles. The molecule has 0 radical (unpaired) electrons. The summed E-state index contributed by atoms with van der Waals surface area (Å²) in [5.41, 5.74) is 0.503. The highest BCUT2D eigenvalue weighted by Crippen LogP contribution is 2.14. The fraction of sp³-hybridized carbons (Fsp3) is 0.462. The van der Waals surface area contributed by atoms with Gasteiger partial charge in [-0.3, -0.25) is 4.79 Å². The van der Waals surface area contributed by atoms with Crippen molar-refractivity contribution in [2.75, 3.05) is 13.1 Å². The van der Waals surface area contributed by atoms with Crippen molar-refractivity contribution in [1.29, 1.82) is 0 Å². The maximum atomic E-state index is 12.0. The van der Waals surface area contributed by atoms with Crippen LogP contribution in [0.5, 0.6) is 5.75 Å². The summed E-state index contributed by atoms with van der Waals surface area (Å²) in [7, 11) is 0. The Balaban J connectivity index is 2.01. The molecular formula is C13H18N2O2. The first-order chi connectivity index (χ1) is 8.16. The molecule has 2 atom stereocenters. The average molecular weight is 234 g/mol. The second-order valence-electron chi connectivity index (χ2n) is 4.60. The van der Waals surface area contributed by atoms with Crippen molar-refractivity contribution in [3.8, 4) is 5.75 Å². The van der Waals surface area contributed by atoms with Gasteiger partial charge in [0.15, 0.2) is 0 Å². The summed E-state index contributed by atoms with van der Waals surface area (Å²) in [6.07, 6.45) is 1.07. The lowest BCUT2D eigenvalue weighted by atomic mass is 9.94. The quantitative estimate of drug-likeness (QED) is 0.718. The Hall–Kier alpha value is -1.55. The molecule has 1 aliphatic heterocycles. The molecule has 0 spiro atoms. The molecule has 2 rings (SSSR count). The van der Waals surface area contributed by atoms with Gasteiger partial charge < -0.3 is 15.7 Å². The van der Waals surface area contributed by atoms with Gasteiger partial charge in [-0.25, -0.2) is 0 Å². The van der Waals surface area contributed by atoms with Crippen molar-refractivity contribution in [3.05, 3.63) is 29.8 Å². The van der Waals surface area contributed by atoms with E-state index >= 15 is 0 Å². The van der Waals surface area contributed by atoms with Crippen LogP contribution in [0.4, 0.5) is 0 Å². The summed E-state index contributed by atoms with van der Waals surface area (Å²) < 4.78 is 0. The molecule has 0 aromatic heterocycles. The van der Waals surface area contributed by atoms with Crippen molar-refractivity contribution in [2.45, 2.75) is 19.4 Å². The van der Waals surface area contributed by atoms with Gasteiger partial charge in [-0.1, -0.05) is 13.0 Å². The van der Waals surface area contributed by atoms with E-state index in [2.05, 4.69) is 17.6 Å². The van der Waals surface area contributed by atoms with Crippen LogP contribution < -0.4 is 10.6 Å². The predicted molar refractivity (Wildman–Crippen MR) is 66.0 cm³/mol. The van der Waals surface area contributed by atoms with Gasteiger partial charge >= 0.3 is 0 Å². The highest BCUT2D eigenvalue weighted by atomic mass is 16.3. The van der Waals surface area contributed by atoms with Gasteiger partial charge in [0, 0.05) is 18.2 Å². The first-order valence-electron chi connectivity index (χ1n) is 5.97. The van der Waals surface area contributed by atoms with Crippen molar-refractivity contribution in [3.63, 3.8) is 0 Å². The topological polar surface area (TPSA) is 61.4 Å². The molecule has 1 heterocycles. The molecule has 1 aromatic rings. The van der Waals surface area contributed by atoms with Gasteiger partial charge in [-0.05, 0) is 37.1 Å². The van der Waals surface area contributed by atoms with Crippen molar-refractivity contribution in [2.24, 2.45) is 5.92 Å². The number of amides is 1. The van der Waals surface area contributed by atoms with E-state index in [1.54, 1.807) is 18.2 Å². The lowest BCUT2D eigenvalue weighted by molar-refractivity contribution is 0.0915. The number of nitrogens with one attached hydrogen (secondary N) is 2. The van der Waals surface area contributed by atoms with Crippen LogP contribution in [-0.4, -0.2) is 30.1 Å². The number of piperidine rings is 1. The maximum Gasteiger partial charge on any atom is 0.251 e. The zero-order valence-corrected chi connectivity index (χ0v) is 9.94. The minimum absolute atomic E-state index is 0.118. The molecule has 1 amide bonds. The summed E-state index contributed by atoms with van der Waals surface area (Å²) in [4.78, 5) is 12.0. The Bertz CT molecular complexity index is 406. The van der Waals surface area contributed by atoms with Crippen LogP contribution >= 0.6 is 0 Å². The molecule has 17 heavy (non-hydrogen) atoms. The predicted octanol–water partition coefficient (Wildman–Crippen LogP) is 1.12. The normalized spacial score (nSPS) is 24.3. The number of phenols is 1. The average Bonchev–Trinajstić information content (AvgIpc) is 2.32. The maximum absolute atomic E-state index is 12.0. The van der Waals surface area contributed by atoms with E-state index in [-0.39, 0.29) is 17.7 Å². The monoisotopic (exact) mass is 234 g/mol. The zero-order valence-electron chi connectivity index (χ0n) is 9.94. The molecule has 0 aliphatic carbocycles. The summed E-state index contributed by atoms with van der Waals surface area (Å²) in [5.74, 6) is 0.478. The van der Waals surface area contributed by atoms with Gasteiger partial charge in [0.2, 0.25) is 0 Å². The SMILES string of the molecule is CC1CCNCC1NC(=O)c1cccc(O)c1. The molecule has 4 nitrogen and oxygen atoms in total. The second kappa shape index (κ2) is 5.19. The number of phenolic OH excluding ortho intramolecular Hbond substituents is 1. The van der Waals surface area contributed by atoms with E-state index in [9.17, 15) is 9.90 Å². The van der Waals surface area contributed by atoms with Crippen molar-refractivity contribution < 1.29 is 9.90 Å². The van der Waals surface area contributed by atoms with Gasteiger partial charge in [-0.15, -0.1) is 0 Å². The fourth-order valence-corrected chi connectivity index (χ4v) is 2.08. The fourth-order valence-electron chi connectivity index (χ4n) is 2.08. The molecule has 2 unspecified atom stereocenters. The first kappa shape index (κ1) is 11.9. The molecule has 4 heteroatoms. The second-order valence-corrected chi connectivity index (χ2v) is 4.60. The van der Waals surface area contributed by atoms with Crippen LogP contribution in [0.3, 0.4) is 0 Å². The molecule has 1 aromatic carbocycles. The van der Waals surface area contributed by atoms with Gasteiger partial charge in [0.05, 0.1) is 0 Å². The third-order valence-electron chi connectivity index (χ3n) is 3.25. The zero-order chi connectivity index (χ0) is 12.3. The largest absolute Gasteiger partial charge is 0.508 e. The lowest BCUT2D eigenvalue weighted by Gasteiger charge is -2.30. The Morgan fingerprint density at radius 1 is 1.53 bits per heavy atom. The highest BCUT2D eigenvalue weighted by molar-refractivity contribution is 5.94. The van der Waals surface area contributed by atoms with Crippen LogP contribution in [0.25, 0.3) is 0 Å². The summed E-state index contributed by atoms with van der Waals surface area (Å²) >= 11 is 0. The summed E-state index contributed by atoms with van der Waals surface area (Å²) in [6, 6.07) is 6.58. The van der Waals surface area contributed by atoms with Crippen molar-refractivity contribution >= 4 is 5.91 Å². The number of benzene rings is 1. The van der Waals surface area contributed by atoms with Crippen LogP contribution in [0, 0.1) is 5.92 Å². The smallest absolute Gasteiger partial charge is 0.251 e. The van der Waals surface area contributed by atoms with Crippen LogP contribution in [-0.2, 0) is 0 Å². The lowest BCUT2D eigenvalue weighted by Crippen LogP contribution is -2.50. The molecule has 1 fully saturated rings. The molecule has 0 bridgehead atoms. The van der Waals surface area contributed by atoms with Crippen molar-refractivity contribution in [1.82, 2.24) is 10.6 Å². The number of carbonyl (C=O) groups is 1. The van der Waals surface area contributed by atoms with Crippen LogP contribution in [0.2, 0.25) is 0 Å². The number of rotatable bonds is 2. The van der Waals surface area contributed by atoms with Gasteiger partial charge in [0.25, 0.3) is 5.91 Å². The standard InChI is InChI=1S/C13H18N2O2/c1-9-5-6-14-8-12(9)15-13(17)10-3-2-4-11(16)7-10/h2-4,7,9,12,14,16H,5-6,8H2,1H3,(H,15,17). The molecule has 1 aliphatic rings. The third-order valence-corrected chi connectivity index (χ3v) is 3.25. The Labute approximate surface area is 101 Å². The molecule has 92 valence electrons. The van der Waals surface area contributed by atoms with E-state index in [1.807, 2.05) is 0 Å². The van der Waals surface area contributed by atoms with E-state index in [0.717, 1.165) is 19.5 Å². The summed E-state index contributed by atoms with van der Waals surface area (Å²) in [5, 5.41) is 15.6. The third kappa shape index (κ3) is 2.97. The number of hydrogen-bond donors (Lipinski definition) is 3. The van der Waals surface area contributed by atoms with E-state index < -0.39 is 0 Å². The Morgan fingerprint density at radius 2 is 2.35 bits per heavy atom. The Morgan fingerprint density at radius 3 is 3.06 bits per heavy atom. The number of carbonyl (C=O) groups excluding carboxylic acids is 1. The van der Waals surface area contributed by atoms with E-state index in [0.29, 0.717) is 11.5 Å². The van der Waals surface area contributed by atoms with E-state index in [4.69, 9.17) is 0 Å². The van der Waals surface area contributed by atoms with Gasteiger partial charge in [0.1, 0.15) is 5.75 Å². The number of aromatic hydroxyl groups is 1. The highest BCUT2D eigenvalue weighted by Gasteiger charge is 2.22. The van der Waals surface area contributed by atoms with Crippen LogP contribution in [0.1, 0.15) is 23.7 Å². The Kier molecular flexibility index (Phi) is 3.64. The van der Waals surface area contributed by atoms with Gasteiger partial charge in [-0.2, -0.15) is 0 Å². The van der Waals surface area contributed by atoms with Crippen LogP contribution in [0.15, 0.2) is 24.3 Å². The molecule has 0 saturated carbocycles. The first-order valence-corrected chi connectivity index (χ1v) is 5.97.